The molecule has 0 atom stereocenters. The Balaban J connectivity index is 0.000000182. The van der Waals surface area contributed by atoms with Crippen LogP contribution in [-0.2, 0) is 23.8 Å². The molecule has 1 aliphatic rings. The first-order valence-electron chi connectivity index (χ1n) is 12.4. The minimum Gasteiger partial charge on any atom is -0.477 e. The van der Waals surface area contributed by atoms with E-state index in [9.17, 15) is 19.1 Å². The number of carbonyl (C=O) groups is 1. The lowest BCUT2D eigenvalue weighted by Gasteiger charge is -2.21. The van der Waals surface area contributed by atoms with Crippen molar-refractivity contribution < 1.29 is 24.3 Å². The third kappa shape index (κ3) is 5.57. The van der Waals surface area contributed by atoms with Crippen LogP contribution in [0.3, 0.4) is 0 Å². The number of fused-ring (bicyclic) bond motifs is 6. The number of aromatic nitrogens is 1. The molecule has 1 aliphatic carbocycles. The molecule has 3 N–H and O–H groups in total. The van der Waals surface area contributed by atoms with Gasteiger partial charge in [0, 0.05) is 11.6 Å². The summed E-state index contributed by atoms with van der Waals surface area (Å²) >= 11 is 0. The van der Waals surface area contributed by atoms with E-state index < -0.39 is 13.6 Å². The van der Waals surface area contributed by atoms with Crippen LogP contribution in [0.5, 0.6) is 0 Å². The van der Waals surface area contributed by atoms with E-state index in [1.54, 1.807) is 12.3 Å². The monoisotopic (exact) mass is 513 g/mol. The van der Waals surface area contributed by atoms with Crippen molar-refractivity contribution in [3.05, 3.63) is 101 Å². The Bertz CT molecular complexity index is 1670. The molecule has 0 aliphatic heterocycles. The molecule has 0 saturated carbocycles. The van der Waals surface area contributed by atoms with Crippen molar-refractivity contribution in [2.24, 2.45) is 0 Å². The summed E-state index contributed by atoms with van der Waals surface area (Å²) in [6, 6.07) is 23.9. The number of benzene rings is 4. The van der Waals surface area contributed by atoms with Crippen LogP contribution in [0.4, 0.5) is 0 Å². The van der Waals surface area contributed by atoms with E-state index in [4.69, 9.17) is 5.11 Å². The Hall–Kier alpha value is -3.57. The van der Waals surface area contributed by atoms with E-state index in [-0.39, 0.29) is 11.9 Å². The largest absolute Gasteiger partial charge is 0.477 e. The van der Waals surface area contributed by atoms with Gasteiger partial charge in [0.1, 0.15) is 5.69 Å². The first kappa shape index (κ1) is 25.1. The highest BCUT2D eigenvalue weighted by molar-refractivity contribution is 7.51. The van der Waals surface area contributed by atoms with Crippen molar-refractivity contribution in [1.82, 2.24) is 4.98 Å². The molecule has 4 aromatic carbocycles. The van der Waals surface area contributed by atoms with Gasteiger partial charge in [0.25, 0.3) is 0 Å². The first-order valence-corrected chi connectivity index (χ1v) is 14.2. The van der Waals surface area contributed by atoms with Gasteiger partial charge < -0.3 is 14.9 Å². The SMILES string of the molecule is O=C(O)c1cc2ccccc2cn1.O=P(O)(O)CCc1cc2ccccc2c2ccc3c(c12)CCCC3. The van der Waals surface area contributed by atoms with Gasteiger partial charge in [-0.2, -0.15) is 0 Å². The van der Waals surface area contributed by atoms with Crippen molar-refractivity contribution in [2.45, 2.75) is 32.1 Å². The van der Waals surface area contributed by atoms with Gasteiger partial charge >= 0.3 is 13.6 Å². The lowest BCUT2D eigenvalue weighted by Crippen LogP contribution is -2.05. The maximum Gasteiger partial charge on any atom is 0.354 e. The van der Waals surface area contributed by atoms with Crippen LogP contribution in [0, 0.1) is 0 Å². The van der Waals surface area contributed by atoms with Crippen molar-refractivity contribution in [1.29, 1.82) is 0 Å². The van der Waals surface area contributed by atoms with Gasteiger partial charge in [-0.15, -0.1) is 0 Å². The van der Waals surface area contributed by atoms with E-state index in [0.717, 1.165) is 34.6 Å². The summed E-state index contributed by atoms with van der Waals surface area (Å²) in [6.45, 7) is 0. The number of rotatable bonds is 4. The molecule has 0 saturated heterocycles. The highest BCUT2D eigenvalue weighted by Crippen LogP contribution is 2.39. The third-order valence-corrected chi connectivity index (χ3v) is 7.76. The average molecular weight is 514 g/mol. The predicted octanol–water partition coefficient (Wildman–Crippen LogP) is 6.53. The van der Waals surface area contributed by atoms with Gasteiger partial charge in [0.2, 0.25) is 0 Å². The maximum absolute atomic E-state index is 11.4. The van der Waals surface area contributed by atoms with Crippen LogP contribution in [0.15, 0.2) is 79.0 Å². The van der Waals surface area contributed by atoms with Gasteiger partial charge in [0.15, 0.2) is 0 Å². The molecule has 7 heteroatoms. The molecule has 0 fully saturated rings. The summed E-state index contributed by atoms with van der Waals surface area (Å²) in [5.41, 5.74) is 3.95. The van der Waals surface area contributed by atoms with E-state index in [1.807, 2.05) is 30.3 Å². The summed E-state index contributed by atoms with van der Waals surface area (Å²) in [6.07, 6.45) is 6.48. The minimum absolute atomic E-state index is 0.0821. The summed E-state index contributed by atoms with van der Waals surface area (Å²) in [5.74, 6) is -0.995. The molecular weight excluding hydrogens is 485 g/mol. The summed E-state index contributed by atoms with van der Waals surface area (Å²) in [4.78, 5) is 33.0. The lowest BCUT2D eigenvalue weighted by atomic mass is 9.84. The Morgan fingerprint density at radius 3 is 2.30 bits per heavy atom. The second kappa shape index (κ2) is 10.4. The van der Waals surface area contributed by atoms with E-state index in [1.165, 1.54) is 40.1 Å². The van der Waals surface area contributed by atoms with Gasteiger partial charge in [-0.3, -0.25) is 4.57 Å². The number of hydrogen-bond donors (Lipinski definition) is 3. The fourth-order valence-corrected chi connectivity index (χ4v) is 5.74. The zero-order valence-corrected chi connectivity index (χ0v) is 21.2. The number of hydrogen-bond acceptors (Lipinski definition) is 3. The second-order valence-electron chi connectivity index (χ2n) is 9.45. The maximum atomic E-state index is 11.4. The highest BCUT2D eigenvalue weighted by atomic mass is 31.2. The fourth-order valence-electron chi connectivity index (χ4n) is 5.21. The Labute approximate surface area is 214 Å². The topological polar surface area (TPSA) is 108 Å². The normalized spacial score (nSPS) is 13.2. The second-order valence-corrected chi connectivity index (χ2v) is 11.2. The van der Waals surface area contributed by atoms with E-state index >= 15 is 0 Å². The molecule has 5 aromatic rings. The van der Waals surface area contributed by atoms with Gasteiger partial charge in [-0.1, -0.05) is 66.7 Å². The first-order chi connectivity index (χ1) is 17.8. The fraction of sp³-hybridized carbons (Fsp3) is 0.200. The quantitative estimate of drug-likeness (QED) is 0.186. The molecule has 6 rings (SSSR count). The van der Waals surface area contributed by atoms with Crippen LogP contribution in [0.2, 0.25) is 0 Å². The van der Waals surface area contributed by atoms with Gasteiger partial charge in [-0.25, -0.2) is 9.78 Å². The van der Waals surface area contributed by atoms with E-state index in [0.29, 0.717) is 6.42 Å². The number of aryl methyl sites for hydroxylation is 3. The van der Waals surface area contributed by atoms with Crippen LogP contribution in [-0.4, -0.2) is 32.0 Å². The highest BCUT2D eigenvalue weighted by Gasteiger charge is 2.19. The number of carboxylic acid groups (broad SMARTS) is 1. The summed E-state index contributed by atoms with van der Waals surface area (Å²) in [7, 11) is -4.00. The Kier molecular flexibility index (Phi) is 7.07. The molecule has 188 valence electrons. The zero-order valence-electron chi connectivity index (χ0n) is 20.3. The number of aromatic carboxylic acids is 1. The molecule has 0 bridgehead atoms. The zero-order chi connectivity index (χ0) is 26.0. The molecule has 0 spiro atoms. The summed E-state index contributed by atoms with van der Waals surface area (Å²) in [5, 5.41) is 15.3. The third-order valence-electron chi connectivity index (χ3n) is 6.96. The van der Waals surface area contributed by atoms with Crippen LogP contribution >= 0.6 is 7.60 Å². The molecular formula is C30H28NO5P. The lowest BCUT2D eigenvalue weighted by molar-refractivity contribution is 0.0690. The number of carboxylic acids is 1. The standard InChI is InChI=1S/C20H21O3P.C10H7NO2/c21-24(22,23)12-11-16-13-15-6-2-3-7-17(15)19-10-9-14-5-1-4-8-18(14)20(16)19;12-10(13)9-5-7-3-1-2-4-8(7)6-11-9/h2-3,6-7,9-10,13H,1,4-5,8,11-12H2,(H2,21,22,23);1-6H,(H,12,13). The van der Waals surface area contributed by atoms with Gasteiger partial charge in [-0.05, 0) is 81.8 Å². The van der Waals surface area contributed by atoms with Gasteiger partial charge in [0.05, 0.1) is 6.16 Å². The Morgan fingerprint density at radius 2 is 1.54 bits per heavy atom. The molecule has 1 heterocycles. The average Bonchev–Trinajstić information content (AvgIpc) is 2.91. The molecule has 1 aromatic heterocycles. The number of pyridine rings is 1. The molecule has 0 radical (unpaired) electrons. The van der Waals surface area contributed by atoms with Crippen molar-refractivity contribution in [3.63, 3.8) is 0 Å². The molecule has 6 nitrogen and oxygen atoms in total. The smallest absolute Gasteiger partial charge is 0.354 e. The van der Waals surface area contributed by atoms with Crippen molar-refractivity contribution >= 4 is 45.9 Å². The summed E-state index contributed by atoms with van der Waals surface area (Å²) < 4.78 is 11.4. The predicted molar refractivity (Wildman–Crippen MR) is 147 cm³/mol. The van der Waals surface area contributed by atoms with Crippen molar-refractivity contribution in [2.75, 3.05) is 6.16 Å². The van der Waals surface area contributed by atoms with Crippen LogP contribution < -0.4 is 0 Å². The number of nitrogens with zero attached hydrogens (tertiary/aromatic N) is 1. The molecule has 0 amide bonds. The Morgan fingerprint density at radius 1 is 0.838 bits per heavy atom. The minimum atomic E-state index is -4.00. The molecule has 0 unspecified atom stereocenters. The van der Waals surface area contributed by atoms with E-state index in [2.05, 4.69) is 41.4 Å². The molecule has 37 heavy (non-hydrogen) atoms. The van der Waals surface area contributed by atoms with Crippen LogP contribution in [0.1, 0.15) is 40.0 Å². The van der Waals surface area contributed by atoms with Crippen molar-refractivity contribution in [3.8, 4) is 0 Å². The van der Waals surface area contributed by atoms with Crippen LogP contribution in [0.25, 0.3) is 32.3 Å².